The Kier molecular flexibility index (Phi) is 3.88. The van der Waals surface area contributed by atoms with Crippen LogP contribution in [0.2, 0.25) is 0 Å². The van der Waals surface area contributed by atoms with Gasteiger partial charge < -0.3 is 10.5 Å². The van der Waals surface area contributed by atoms with E-state index in [9.17, 15) is 0 Å². The lowest BCUT2D eigenvalue weighted by atomic mass is 10.3. The molecule has 1 rings (SSSR count). The first-order chi connectivity index (χ1) is 5.86. The minimum Gasteiger partial charge on any atom is -0.494 e. The quantitative estimate of drug-likeness (QED) is 0.484. The Morgan fingerprint density at radius 1 is 1.58 bits per heavy atom. The third kappa shape index (κ3) is 3.58. The summed E-state index contributed by atoms with van der Waals surface area (Å²) in [4.78, 5) is 0. The van der Waals surface area contributed by atoms with Crippen molar-refractivity contribution in [2.45, 2.75) is 19.3 Å². The van der Waals surface area contributed by atoms with E-state index in [1.807, 2.05) is 6.08 Å². The van der Waals surface area contributed by atoms with Gasteiger partial charge in [0.25, 0.3) is 0 Å². The number of nitrogens with two attached hydrogens (primary N) is 1. The lowest BCUT2D eigenvalue weighted by Crippen LogP contribution is -1.98. The highest BCUT2D eigenvalue weighted by molar-refractivity contribution is 5.08. The predicted octanol–water partition coefficient (Wildman–Crippen LogP) is 1.83. The lowest BCUT2D eigenvalue weighted by Gasteiger charge is -2.04. The van der Waals surface area contributed by atoms with E-state index in [1.54, 1.807) is 6.08 Å². The monoisotopic (exact) mass is 167 g/mol. The van der Waals surface area contributed by atoms with Crippen molar-refractivity contribution in [1.82, 2.24) is 0 Å². The molecule has 1 fully saturated rings. The van der Waals surface area contributed by atoms with E-state index < -0.39 is 0 Å². The molecular weight excluding hydrogens is 150 g/mol. The van der Waals surface area contributed by atoms with Crippen molar-refractivity contribution in [3.63, 3.8) is 0 Å². The maximum Gasteiger partial charge on any atom is 0.114 e. The highest BCUT2D eigenvalue weighted by Crippen LogP contribution is 2.29. The van der Waals surface area contributed by atoms with Gasteiger partial charge in [0.2, 0.25) is 0 Å². The van der Waals surface area contributed by atoms with E-state index in [2.05, 4.69) is 6.58 Å². The molecule has 12 heavy (non-hydrogen) atoms. The first-order valence-corrected chi connectivity index (χ1v) is 4.52. The molecule has 0 atom stereocenters. The molecule has 0 aliphatic heterocycles. The molecule has 0 aromatic carbocycles. The second kappa shape index (κ2) is 4.99. The fraction of sp³-hybridized carbons (Fsp3) is 0.600. The average Bonchev–Trinajstić information content (AvgIpc) is 2.89. The van der Waals surface area contributed by atoms with Crippen LogP contribution in [0.1, 0.15) is 19.3 Å². The highest BCUT2D eigenvalue weighted by atomic mass is 16.5. The standard InChI is InChI=1S/C10H17NO/c1-2-10(4-3-7-11)12-8-9-5-6-9/h2,4,9H,1,3,5-8,11H2/b10-4+. The van der Waals surface area contributed by atoms with Crippen LogP contribution >= 0.6 is 0 Å². The Labute approximate surface area is 74.1 Å². The molecule has 0 radical (unpaired) electrons. The molecule has 0 heterocycles. The summed E-state index contributed by atoms with van der Waals surface area (Å²) in [5, 5.41) is 0. The molecule has 0 aromatic rings. The minimum atomic E-state index is 0.671. The van der Waals surface area contributed by atoms with E-state index in [1.165, 1.54) is 12.8 Å². The zero-order valence-corrected chi connectivity index (χ0v) is 7.46. The molecule has 68 valence electrons. The van der Waals surface area contributed by atoms with Crippen molar-refractivity contribution >= 4 is 0 Å². The first kappa shape index (κ1) is 9.33. The van der Waals surface area contributed by atoms with E-state index in [-0.39, 0.29) is 0 Å². The van der Waals surface area contributed by atoms with Crippen molar-refractivity contribution in [3.05, 3.63) is 24.5 Å². The Hall–Kier alpha value is -0.760. The minimum absolute atomic E-state index is 0.671. The molecule has 2 heteroatoms. The van der Waals surface area contributed by atoms with Crippen LogP contribution in [-0.4, -0.2) is 13.2 Å². The molecule has 1 saturated carbocycles. The van der Waals surface area contributed by atoms with Crippen LogP contribution in [0.15, 0.2) is 24.5 Å². The molecule has 0 aromatic heterocycles. The normalized spacial score (nSPS) is 17.6. The maximum absolute atomic E-state index is 5.50. The summed E-state index contributed by atoms with van der Waals surface area (Å²) in [7, 11) is 0. The van der Waals surface area contributed by atoms with Crippen molar-refractivity contribution in [3.8, 4) is 0 Å². The van der Waals surface area contributed by atoms with Crippen molar-refractivity contribution in [2.24, 2.45) is 11.7 Å². The smallest absolute Gasteiger partial charge is 0.114 e. The molecule has 0 unspecified atom stereocenters. The molecule has 2 nitrogen and oxygen atoms in total. The second-order valence-corrected chi connectivity index (χ2v) is 3.14. The summed E-state index contributed by atoms with van der Waals surface area (Å²) in [5.74, 6) is 1.68. The highest BCUT2D eigenvalue weighted by Gasteiger charge is 2.21. The number of rotatable bonds is 6. The number of hydrogen-bond acceptors (Lipinski definition) is 2. The molecule has 0 spiro atoms. The summed E-state index contributed by atoms with van der Waals surface area (Å²) in [6.07, 6.45) is 7.25. The zero-order chi connectivity index (χ0) is 8.81. The molecule has 0 saturated heterocycles. The van der Waals surface area contributed by atoms with E-state index in [4.69, 9.17) is 10.5 Å². The Morgan fingerprint density at radius 2 is 2.33 bits per heavy atom. The second-order valence-electron chi connectivity index (χ2n) is 3.14. The van der Waals surface area contributed by atoms with Gasteiger partial charge in [-0.25, -0.2) is 0 Å². The fourth-order valence-corrected chi connectivity index (χ4v) is 0.925. The van der Waals surface area contributed by atoms with Gasteiger partial charge in [0.05, 0.1) is 6.61 Å². The van der Waals surface area contributed by atoms with Gasteiger partial charge >= 0.3 is 0 Å². The molecule has 0 amide bonds. The molecular formula is C10H17NO. The Balaban J connectivity index is 2.18. The summed E-state index contributed by atoms with van der Waals surface area (Å²) >= 11 is 0. The van der Waals surface area contributed by atoms with Crippen molar-refractivity contribution in [1.29, 1.82) is 0 Å². The average molecular weight is 167 g/mol. The SMILES string of the molecule is C=C/C(=C\CCN)OCC1CC1. The summed E-state index contributed by atoms with van der Waals surface area (Å²) in [6.45, 7) is 5.20. The molecule has 2 N–H and O–H groups in total. The Morgan fingerprint density at radius 3 is 2.83 bits per heavy atom. The lowest BCUT2D eigenvalue weighted by molar-refractivity contribution is 0.210. The first-order valence-electron chi connectivity index (χ1n) is 4.52. The molecule has 1 aliphatic rings. The van der Waals surface area contributed by atoms with Gasteiger partial charge in [0, 0.05) is 0 Å². The fourth-order valence-electron chi connectivity index (χ4n) is 0.925. The van der Waals surface area contributed by atoms with Gasteiger partial charge in [0.15, 0.2) is 0 Å². The maximum atomic E-state index is 5.50. The van der Waals surface area contributed by atoms with Gasteiger partial charge in [-0.3, -0.25) is 0 Å². The number of ether oxygens (including phenoxy) is 1. The van der Waals surface area contributed by atoms with Crippen LogP contribution in [0.25, 0.3) is 0 Å². The summed E-state index contributed by atoms with van der Waals surface area (Å²) in [5.41, 5.74) is 5.37. The van der Waals surface area contributed by atoms with Crippen LogP contribution in [0, 0.1) is 5.92 Å². The van der Waals surface area contributed by atoms with Gasteiger partial charge in [-0.1, -0.05) is 6.58 Å². The van der Waals surface area contributed by atoms with Crippen LogP contribution < -0.4 is 5.73 Å². The largest absolute Gasteiger partial charge is 0.494 e. The number of allylic oxidation sites excluding steroid dienone is 1. The van der Waals surface area contributed by atoms with E-state index >= 15 is 0 Å². The van der Waals surface area contributed by atoms with Gasteiger partial charge in [-0.15, -0.1) is 0 Å². The van der Waals surface area contributed by atoms with Crippen molar-refractivity contribution < 1.29 is 4.74 Å². The van der Waals surface area contributed by atoms with Gasteiger partial charge in [0.1, 0.15) is 5.76 Å². The third-order valence-corrected chi connectivity index (χ3v) is 1.90. The molecule has 1 aliphatic carbocycles. The summed E-state index contributed by atoms with van der Waals surface area (Å²) in [6, 6.07) is 0. The van der Waals surface area contributed by atoms with E-state index in [0.717, 1.165) is 24.7 Å². The molecule has 0 bridgehead atoms. The Bertz CT molecular complexity index is 171. The van der Waals surface area contributed by atoms with Crippen LogP contribution in [0.4, 0.5) is 0 Å². The van der Waals surface area contributed by atoms with E-state index in [0.29, 0.717) is 6.54 Å². The zero-order valence-electron chi connectivity index (χ0n) is 7.46. The van der Waals surface area contributed by atoms with Crippen LogP contribution in [0.5, 0.6) is 0 Å². The van der Waals surface area contributed by atoms with Gasteiger partial charge in [-0.05, 0) is 43.9 Å². The number of hydrogen-bond donors (Lipinski definition) is 1. The van der Waals surface area contributed by atoms with Gasteiger partial charge in [-0.2, -0.15) is 0 Å². The summed E-state index contributed by atoms with van der Waals surface area (Å²) < 4.78 is 5.50. The topological polar surface area (TPSA) is 35.2 Å². The predicted molar refractivity (Wildman–Crippen MR) is 50.6 cm³/mol. The van der Waals surface area contributed by atoms with Crippen LogP contribution in [0.3, 0.4) is 0 Å². The van der Waals surface area contributed by atoms with Crippen LogP contribution in [-0.2, 0) is 4.74 Å². The third-order valence-electron chi connectivity index (χ3n) is 1.90. The van der Waals surface area contributed by atoms with Crippen molar-refractivity contribution in [2.75, 3.05) is 13.2 Å².